The quantitative estimate of drug-likeness (QED) is 0.222. The molecule has 6 aromatic heterocycles. The Balaban J connectivity index is 1.35. The second kappa shape index (κ2) is 8.76. The van der Waals surface area contributed by atoms with E-state index in [1.54, 1.807) is 0 Å². The van der Waals surface area contributed by atoms with E-state index in [2.05, 4.69) is 170 Å². The minimum Gasteiger partial charge on any atom is -0.340 e. The number of rotatable bonds is 3. The van der Waals surface area contributed by atoms with E-state index in [4.69, 9.17) is 0 Å². The summed E-state index contributed by atoms with van der Waals surface area (Å²) in [5.74, 6) is 0. The highest BCUT2D eigenvalue weighted by molar-refractivity contribution is 6.21. The monoisotopic (exact) mass is 562 g/mol. The molecular weight excluding hydrogens is 536 g/mol. The number of aromatic nitrogens is 4. The average Bonchev–Trinajstić information content (AvgIpc) is 3.81. The number of benzene rings is 4. The summed E-state index contributed by atoms with van der Waals surface area (Å²) >= 11 is 0. The molecule has 0 radical (unpaired) electrons. The van der Waals surface area contributed by atoms with Crippen molar-refractivity contribution in [2.45, 2.75) is 0 Å². The fourth-order valence-electron chi connectivity index (χ4n) is 7.42. The molecule has 10 rings (SSSR count). The molecule has 44 heavy (non-hydrogen) atoms. The minimum atomic E-state index is 1.12. The largest absolute Gasteiger partial charge is 0.340 e. The molecule has 0 bridgehead atoms. The van der Waals surface area contributed by atoms with E-state index in [-0.39, 0.29) is 0 Å². The van der Waals surface area contributed by atoms with Gasteiger partial charge in [0.25, 0.3) is 0 Å². The molecular formula is C40H26N4. The molecule has 6 heterocycles. The Morgan fingerprint density at radius 2 is 1.05 bits per heavy atom. The second-order valence-corrected chi connectivity index (χ2v) is 11.5. The summed E-state index contributed by atoms with van der Waals surface area (Å²) in [5, 5.41) is 4.99. The predicted octanol–water partition coefficient (Wildman–Crippen LogP) is 10.3. The maximum absolute atomic E-state index is 3.76. The standard InChI is InChI=1S/C40H26N4/c1-3-13-26(14-4-1)35-33-19-9-11-23-42(33)39-37(35)30-25-28(21-22-31(30)41-39)44-32-18-8-7-17-29(32)38-36(27-15-5-2-6-16-27)34-20-10-12-24-43(34)40(38)44/h1-25,41H. The molecule has 4 nitrogen and oxygen atoms in total. The predicted molar refractivity (Wildman–Crippen MR) is 183 cm³/mol. The lowest BCUT2D eigenvalue weighted by atomic mass is 10.0. The number of nitrogens with zero attached hydrogens (tertiary/aromatic N) is 3. The van der Waals surface area contributed by atoms with Crippen molar-refractivity contribution >= 4 is 54.9 Å². The fraction of sp³-hybridized carbons (Fsp3) is 0. The normalized spacial score (nSPS) is 12.1. The number of aromatic amines is 1. The number of pyridine rings is 2. The van der Waals surface area contributed by atoms with Crippen LogP contribution in [0.5, 0.6) is 0 Å². The SMILES string of the molecule is c1ccc(-c2c3c4cc(-n5c6ccccc6c6c(-c7ccccc7)c7ccccn7c65)ccc4[nH]c3n3ccccc23)cc1. The van der Waals surface area contributed by atoms with Gasteiger partial charge in [-0.1, -0.05) is 91.0 Å². The van der Waals surface area contributed by atoms with E-state index in [1.165, 1.54) is 66.0 Å². The number of hydrogen-bond acceptors (Lipinski definition) is 0. The van der Waals surface area contributed by atoms with Crippen molar-refractivity contribution < 1.29 is 0 Å². The number of nitrogens with one attached hydrogen (secondary N) is 1. The van der Waals surface area contributed by atoms with Gasteiger partial charge in [0.05, 0.1) is 16.6 Å². The third kappa shape index (κ3) is 3.06. The second-order valence-electron chi connectivity index (χ2n) is 11.5. The van der Waals surface area contributed by atoms with Crippen LogP contribution in [0.4, 0.5) is 0 Å². The highest BCUT2D eigenvalue weighted by atomic mass is 15.1. The summed E-state index contributed by atoms with van der Waals surface area (Å²) in [6.45, 7) is 0. The summed E-state index contributed by atoms with van der Waals surface area (Å²) in [5.41, 5.74) is 13.1. The maximum atomic E-state index is 3.76. The molecule has 1 N–H and O–H groups in total. The van der Waals surface area contributed by atoms with Crippen molar-refractivity contribution in [1.29, 1.82) is 0 Å². The number of H-pyrrole nitrogens is 1. The van der Waals surface area contributed by atoms with Gasteiger partial charge in [-0.3, -0.25) is 4.57 Å². The molecule has 0 unspecified atom stereocenters. The van der Waals surface area contributed by atoms with Crippen LogP contribution in [0.3, 0.4) is 0 Å². The van der Waals surface area contributed by atoms with Gasteiger partial charge in [-0.2, -0.15) is 0 Å². The van der Waals surface area contributed by atoms with Gasteiger partial charge in [0, 0.05) is 56.3 Å². The van der Waals surface area contributed by atoms with Crippen LogP contribution in [-0.4, -0.2) is 18.4 Å². The number of para-hydroxylation sites is 1. The summed E-state index contributed by atoms with van der Waals surface area (Å²) in [7, 11) is 0. The lowest BCUT2D eigenvalue weighted by Crippen LogP contribution is -1.97. The summed E-state index contributed by atoms with van der Waals surface area (Å²) in [4.78, 5) is 3.76. The Morgan fingerprint density at radius 3 is 1.80 bits per heavy atom. The van der Waals surface area contributed by atoms with Gasteiger partial charge in [-0.15, -0.1) is 0 Å². The van der Waals surface area contributed by atoms with Gasteiger partial charge in [0.15, 0.2) is 0 Å². The summed E-state index contributed by atoms with van der Waals surface area (Å²) in [6.07, 6.45) is 4.35. The Morgan fingerprint density at radius 1 is 0.455 bits per heavy atom. The molecule has 0 amide bonds. The zero-order valence-electron chi connectivity index (χ0n) is 23.8. The first-order valence-electron chi connectivity index (χ1n) is 15.0. The Labute approximate surface area is 252 Å². The van der Waals surface area contributed by atoms with Gasteiger partial charge in [-0.05, 0) is 59.7 Å². The van der Waals surface area contributed by atoms with Crippen molar-refractivity contribution in [3.63, 3.8) is 0 Å². The van der Waals surface area contributed by atoms with Crippen LogP contribution >= 0.6 is 0 Å². The van der Waals surface area contributed by atoms with Crippen LogP contribution in [0, 0.1) is 0 Å². The lowest BCUT2D eigenvalue weighted by Gasteiger charge is -2.10. The van der Waals surface area contributed by atoms with Gasteiger partial charge >= 0.3 is 0 Å². The van der Waals surface area contributed by atoms with Gasteiger partial charge < -0.3 is 13.8 Å². The van der Waals surface area contributed by atoms with Crippen molar-refractivity contribution in [3.05, 3.63) is 152 Å². The van der Waals surface area contributed by atoms with E-state index in [1.807, 2.05) is 0 Å². The molecule has 0 spiro atoms. The topological polar surface area (TPSA) is 29.5 Å². The van der Waals surface area contributed by atoms with E-state index in [0.717, 1.165) is 16.9 Å². The van der Waals surface area contributed by atoms with Crippen LogP contribution in [0.25, 0.3) is 82.8 Å². The third-order valence-corrected chi connectivity index (χ3v) is 9.20. The molecule has 10 aromatic rings. The van der Waals surface area contributed by atoms with Crippen molar-refractivity contribution in [2.24, 2.45) is 0 Å². The van der Waals surface area contributed by atoms with E-state index in [0.29, 0.717) is 0 Å². The zero-order chi connectivity index (χ0) is 28.8. The van der Waals surface area contributed by atoms with Crippen LogP contribution < -0.4 is 0 Å². The maximum Gasteiger partial charge on any atom is 0.131 e. The van der Waals surface area contributed by atoms with Gasteiger partial charge in [0.2, 0.25) is 0 Å². The van der Waals surface area contributed by atoms with E-state index in [9.17, 15) is 0 Å². The molecule has 0 aliphatic heterocycles. The average molecular weight is 563 g/mol. The van der Waals surface area contributed by atoms with Crippen molar-refractivity contribution in [2.75, 3.05) is 0 Å². The lowest BCUT2D eigenvalue weighted by molar-refractivity contribution is 1.10. The number of hydrogen-bond donors (Lipinski definition) is 1. The molecule has 0 saturated carbocycles. The summed E-state index contributed by atoms with van der Waals surface area (Å²) < 4.78 is 7.09. The van der Waals surface area contributed by atoms with Gasteiger partial charge in [0.1, 0.15) is 11.3 Å². The molecule has 0 saturated heterocycles. The first-order valence-corrected chi connectivity index (χ1v) is 15.0. The Bertz CT molecular complexity index is 2690. The first kappa shape index (κ1) is 23.6. The van der Waals surface area contributed by atoms with E-state index < -0.39 is 0 Å². The number of fused-ring (bicyclic) bond motifs is 10. The van der Waals surface area contributed by atoms with Crippen LogP contribution in [0.1, 0.15) is 0 Å². The van der Waals surface area contributed by atoms with Crippen LogP contribution in [0.15, 0.2) is 152 Å². The highest BCUT2D eigenvalue weighted by Gasteiger charge is 2.24. The Hall–Kier alpha value is -6.00. The molecule has 0 atom stereocenters. The van der Waals surface area contributed by atoms with Crippen molar-refractivity contribution in [1.82, 2.24) is 18.4 Å². The smallest absolute Gasteiger partial charge is 0.131 e. The fourth-order valence-corrected chi connectivity index (χ4v) is 7.42. The summed E-state index contributed by atoms with van der Waals surface area (Å²) in [6, 6.07) is 50.2. The molecule has 206 valence electrons. The minimum absolute atomic E-state index is 1.12. The third-order valence-electron chi connectivity index (χ3n) is 9.20. The molecule has 0 fully saturated rings. The van der Waals surface area contributed by atoms with Gasteiger partial charge in [-0.25, -0.2) is 0 Å². The zero-order valence-corrected chi connectivity index (χ0v) is 23.8. The Kier molecular flexibility index (Phi) is 4.69. The first-order chi connectivity index (χ1) is 21.9. The van der Waals surface area contributed by atoms with Crippen LogP contribution in [-0.2, 0) is 0 Å². The molecule has 4 aromatic carbocycles. The molecule has 0 aliphatic carbocycles. The van der Waals surface area contributed by atoms with E-state index >= 15 is 0 Å². The molecule has 0 aliphatic rings. The van der Waals surface area contributed by atoms with Crippen molar-refractivity contribution in [3.8, 4) is 27.9 Å². The highest BCUT2D eigenvalue weighted by Crippen LogP contribution is 2.44. The van der Waals surface area contributed by atoms with Crippen LogP contribution in [0.2, 0.25) is 0 Å². The molecule has 4 heteroatoms.